The van der Waals surface area contributed by atoms with Crippen LogP contribution in [0.3, 0.4) is 0 Å². The third-order valence-corrected chi connectivity index (χ3v) is 4.89. The zero-order valence-electron chi connectivity index (χ0n) is 14.7. The summed E-state index contributed by atoms with van der Waals surface area (Å²) in [7, 11) is 0. The Labute approximate surface area is 165 Å². The van der Waals surface area contributed by atoms with Crippen molar-refractivity contribution < 1.29 is 9.59 Å². The molecule has 140 valence electrons. The van der Waals surface area contributed by atoms with E-state index in [1.54, 1.807) is 0 Å². The molecular weight excluding hydrogens is 418 g/mol. The molecule has 2 rings (SSSR count). The molecule has 0 fully saturated rings. The number of primary amides is 1. The molecule has 1 aromatic heterocycles. The number of aryl methyl sites for hydroxylation is 1. The van der Waals surface area contributed by atoms with Gasteiger partial charge in [-0.3, -0.25) is 9.59 Å². The first-order chi connectivity index (χ1) is 12.3. The number of nitrogens with one attached hydrogen (secondary N) is 1. The molecule has 0 bridgehead atoms. The van der Waals surface area contributed by atoms with Crippen molar-refractivity contribution in [2.45, 2.75) is 38.4 Å². The summed E-state index contributed by atoms with van der Waals surface area (Å²) in [4.78, 5) is 23.2. The summed E-state index contributed by atoms with van der Waals surface area (Å²) in [6, 6.07) is 7.39. The SMILES string of the molecule is CC(C)Cn1c(CCC(N)=O)nnc1SCC(=O)Nc1ccc(Br)cc1. The van der Waals surface area contributed by atoms with Crippen LogP contribution in [-0.4, -0.2) is 32.3 Å². The molecular formula is C17H22BrN5O2S. The molecule has 0 radical (unpaired) electrons. The van der Waals surface area contributed by atoms with Crippen molar-refractivity contribution in [2.24, 2.45) is 11.7 Å². The fourth-order valence-corrected chi connectivity index (χ4v) is 3.29. The zero-order chi connectivity index (χ0) is 19.1. The maximum Gasteiger partial charge on any atom is 0.234 e. The third kappa shape index (κ3) is 6.45. The minimum Gasteiger partial charge on any atom is -0.370 e. The molecule has 0 saturated heterocycles. The van der Waals surface area contributed by atoms with Gasteiger partial charge < -0.3 is 15.6 Å². The van der Waals surface area contributed by atoms with Gasteiger partial charge in [0.05, 0.1) is 5.75 Å². The van der Waals surface area contributed by atoms with Crippen LogP contribution in [0, 0.1) is 5.92 Å². The lowest BCUT2D eigenvalue weighted by Gasteiger charge is -2.12. The van der Waals surface area contributed by atoms with Crippen molar-refractivity contribution in [1.29, 1.82) is 0 Å². The predicted molar refractivity (Wildman–Crippen MR) is 106 cm³/mol. The molecule has 3 N–H and O–H groups in total. The first-order valence-corrected chi connectivity index (χ1v) is 10.0. The topological polar surface area (TPSA) is 103 Å². The Morgan fingerprint density at radius 1 is 1.27 bits per heavy atom. The van der Waals surface area contributed by atoms with Crippen molar-refractivity contribution in [2.75, 3.05) is 11.1 Å². The van der Waals surface area contributed by atoms with E-state index in [1.165, 1.54) is 11.8 Å². The van der Waals surface area contributed by atoms with E-state index in [2.05, 4.69) is 45.3 Å². The Bertz CT molecular complexity index is 761. The number of hydrogen-bond donors (Lipinski definition) is 2. The highest BCUT2D eigenvalue weighted by atomic mass is 79.9. The highest BCUT2D eigenvalue weighted by Crippen LogP contribution is 2.20. The van der Waals surface area contributed by atoms with Gasteiger partial charge in [0.15, 0.2) is 5.16 Å². The Hall–Kier alpha value is -1.87. The van der Waals surface area contributed by atoms with Crippen molar-refractivity contribution in [1.82, 2.24) is 14.8 Å². The van der Waals surface area contributed by atoms with Crippen LogP contribution in [0.2, 0.25) is 0 Å². The second-order valence-corrected chi connectivity index (χ2v) is 8.07. The predicted octanol–water partition coefficient (Wildman–Crippen LogP) is 2.85. The summed E-state index contributed by atoms with van der Waals surface area (Å²) in [6.07, 6.45) is 0.672. The Kier molecular flexibility index (Phi) is 7.65. The van der Waals surface area contributed by atoms with Gasteiger partial charge >= 0.3 is 0 Å². The number of anilines is 1. The Morgan fingerprint density at radius 3 is 2.58 bits per heavy atom. The lowest BCUT2D eigenvalue weighted by atomic mass is 10.2. The smallest absolute Gasteiger partial charge is 0.234 e. The van der Waals surface area contributed by atoms with Crippen molar-refractivity contribution in [3.8, 4) is 0 Å². The van der Waals surface area contributed by atoms with Gasteiger partial charge in [-0.15, -0.1) is 10.2 Å². The van der Waals surface area contributed by atoms with Gasteiger partial charge in [0.1, 0.15) is 5.82 Å². The number of carbonyl (C=O) groups is 2. The van der Waals surface area contributed by atoms with Crippen LogP contribution >= 0.6 is 27.7 Å². The molecule has 26 heavy (non-hydrogen) atoms. The standard InChI is InChI=1S/C17H22BrN5O2S/c1-11(2)9-23-15(8-7-14(19)24)21-22-17(23)26-10-16(25)20-13-5-3-12(18)4-6-13/h3-6,11H,7-10H2,1-2H3,(H2,19,24)(H,20,25). The van der Waals surface area contributed by atoms with E-state index in [1.807, 2.05) is 28.8 Å². The van der Waals surface area contributed by atoms with Crippen LogP contribution in [0.5, 0.6) is 0 Å². The Morgan fingerprint density at radius 2 is 1.96 bits per heavy atom. The summed E-state index contributed by atoms with van der Waals surface area (Å²) < 4.78 is 2.92. The highest BCUT2D eigenvalue weighted by molar-refractivity contribution is 9.10. The fraction of sp³-hybridized carbons (Fsp3) is 0.412. The van der Waals surface area contributed by atoms with Crippen LogP contribution in [0.15, 0.2) is 33.9 Å². The number of hydrogen-bond acceptors (Lipinski definition) is 5. The van der Waals surface area contributed by atoms with Gasteiger partial charge in [-0.25, -0.2) is 0 Å². The highest BCUT2D eigenvalue weighted by Gasteiger charge is 2.16. The second-order valence-electron chi connectivity index (χ2n) is 6.21. The summed E-state index contributed by atoms with van der Waals surface area (Å²) in [5.74, 6) is 0.840. The summed E-state index contributed by atoms with van der Waals surface area (Å²) >= 11 is 4.69. The van der Waals surface area contributed by atoms with E-state index in [0.717, 1.165) is 16.7 Å². The quantitative estimate of drug-likeness (QED) is 0.584. The van der Waals surface area contributed by atoms with Gasteiger partial charge in [0.2, 0.25) is 11.8 Å². The molecule has 2 aromatic rings. The molecule has 9 heteroatoms. The number of benzene rings is 1. The van der Waals surface area contributed by atoms with Crippen LogP contribution < -0.4 is 11.1 Å². The summed E-state index contributed by atoms with van der Waals surface area (Å²) in [6.45, 7) is 4.90. The van der Waals surface area contributed by atoms with Crippen LogP contribution in [0.4, 0.5) is 5.69 Å². The molecule has 0 atom stereocenters. The number of rotatable bonds is 9. The van der Waals surface area contributed by atoms with E-state index in [4.69, 9.17) is 5.73 Å². The number of thioether (sulfide) groups is 1. The summed E-state index contributed by atoms with van der Waals surface area (Å²) in [5.41, 5.74) is 5.96. The molecule has 2 amide bonds. The van der Waals surface area contributed by atoms with Crippen molar-refractivity contribution in [3.63, 3.8) is 0 Å². The van der Waals surface area contributed by atoms with Gasteiger partial charge in [-0.1, -0.05) is 41.5 Å². The lowest BCUT2D eigenvalue weighted by molar-refractivity contribution is -0.118. The molecule has 1 aromatic carbocycles. The molecule has 1 heterocycles. The Balaban J connectivity index is 1.99. The van der Waals surface area contributed by atoms with Crippen LogP contribution in [-0.2, 0) is 22.6 Å². The maximum atomic E-state index is 12.2. The molecule has 0 aliphatic rings. The third-order valence-electron chi connectivity index (χ3n) is 3.40. The normalized spacial score (nSPS) is 10.9. The number of aromatic nitrogens is 3. The van der Waals surface area contributed by atoms with E-state index in [0.29, 0.717) is 23.3 Å². The summed E-state index contributed by atoms with van der Waals surface area (Å²) in [5, 5.41) is 11.9. The van der Waals surface area contributed by atoms with Crippen LogP contribution in [0.25, 0.3) is 0 Å². The lowest BCUT2D eigenvalue weighted by Crippen LogP contribution is -2.16. The maximum absolute atomic E-state index is 12.2. The molecule has 0 saturated carbocycles. The largest absolute Gasteiger partial charge is 0.370 e. The van der Waals surface area contributed by atoms with E-state index >= 15 is 0 Å². The van der Waals surface area contributed by atoms with E-state index < -0.39 is 0 Å². The van der Waals surface area contributed by atoms with Crippen LogP contribution in [0.1, 0.15) is 26.1 Å². The number of carbonyl (C=O) groups excluding carboxylic acids is 2. The second kappa shape index (κ2) is 9.72. The fourth-order valence-electron chi connectivity index (χ4n) is 2.25. The van der Waals surface area contributed by atoms with E-state index in [9.17, 15) is 9.59 Å². The first kappa shape index (κ1) is 20.4. The number of nitrogens with two attached hydrogens (primary N) is 1. The zero-order valence-corrected chi connectivity index (χ0v) is 17.1. The van der Waals surface area contributed by atoms with Crippen molar-refractivity contribution >= 4 is 45.2 Å². The molecule has 7 nitrogen and oxygen atoms in total. The minimum absolute atomic E-state index is 0.116. The number of amides is 2. The first-order valence-electron chi connectivity index (χ1n) is 8.23. The molecule has 0 aliphatic carbocycles. The van der Waals surface area contributed by atoms with Gasteiger partial charge in [-0.2, -0.15) is 0 Å². The molecule has 0 spiro atoms. The monoisotopic (exact) mass is 439 g/mol. The molecule has 0 unspecified atom stereocenters. The average molecular weight is 440 g/mol. The molecule has 0 aliphatic heterocycles. The van der Waals surface area contributed by atoms with Gasteiger partial charge in [0.25, 0.3) is 0 Å². The number of nitrogens with zero attached hydrogens (tertiary/aromatic N) is 3. The van der Waals surface area contributed by atoms with Gasteiger partial charge in [-0.05, 0) is 30.2 Å². The average Bonchev–Trinajstić information content (AvgIpc) is 2.94. The van der Waals surface area contributed by atoms with E-state index in [-0.39, 0.29) is 24.0 Å². The number of halogens is 1. The minimum atomic E-state index is -0.368. The van der Waals surface area contributed by atoms with Crippen molar-refractivity contribution in [3.05, 3.63) is 34.6 Å². The van der Waals surface area contributed by atoms with Gasteiger partial charge in [0, 0.05) is 29.5 Å².